The van der Waals surface area contributed by atoms with Gasteiger partial charge in [-0.25, -0.2) is 0 Å². The quantitative estimate of drug-likeness (QED) is 0.152. The zero-order valence-corrected chi connectivity index (χ0v) is 23.6. The predicted molar refractivity (Wildman–Crippen MR) is 182 cm³/mol. The van der Waals surface area contributed by atoms with Crippen LogP contribution in [-0.2, 0) is 0 Å². The number of fused-ring (bicyclic) bond motifs is 3. The maximum atomic E-state index is 5.40. The van der Waals surface area contributed by atoms with Crippen LogP contribution in [0.25, 0.3) is 71.8 Å². The third-order valence-electron chi connectivity index (χ3n) is 8.28. The van der Waals surface area contributed by atoms with Crippen molar-refractivity contribution in [3.05, 3.63) is 151 Å². The van der Waals surface area contributed by atoms with Gasteiger partial charge in [0, 0.05) is 6.42 Å². The van der Waals surface area contributed by atoms with Gasteiger partial charge in [-0.05, 0) is 89.8 Å². The second kappa shape index (κ2) is 10.9. The second-order valence-corrected chi connectivity index (χ2v) is 10.9. The first kappa shape index (κ1) is 25.6. The van der Waals surface area contributed by atoms with Crippen molar-refractivity contribution in [2.75, 3.05) is 0 Å². The summed E-state index contributed by atoms with van der Waals surface area (Å²) in [5, 5.41) is 7.60. The van der Waals surface area contributed by atoms with E-state index in [1.54, 1.807) is 0 Å². The van der Waals surface area contributed by atoms with Gasteiger partial charge in [0.1, 0.15) is 0 Å². The van der Waals surface area contributed by atoms with Gasteiger partial charge in [0.15, 0.2) is 0 Å². The molecular formula is C42H30. The molecule has 0 radical (unpaired) electrons. The molecule has 0 amide bonds. The first-order valence-electron chi connectivity index (χ1n) is 14.5. The highest BCUT2D eigenvalue weighted by molar-refractivity contribution is 6.21. The predicted octanol–water partition coefficient (Wildman–Crippen LogP) is 11.5. The van der Waals surface area contributed by atoms with Gasteiger partial charge in [0.05, 0.1) is 0 Å². The van der Waals surface area contributed by atoms with Crippen LogP contribution in [0.5, 0.6) is 0 Å². The third kappa shape index (κ3) is 4.56. The Morgan fingerprint density at radius 2 is 1.05 bits per heavy atom. The van der Waals surface area contributed by atoms with Crippen molar-refractivity contribution < 1.29 is 0 Å². The van der Waals surface area contributed by atoms with Crippen LogP contribution in [0, 0.1) is 19.3 Å². The topological polar surface area (TPSA) is 0 Å². The van der Waals surface area contributed by atoms with Crippen LogP contribution in [0.2, 0.25) is 0 Å². The van der Waals surface area contributed by atoms with Gasteiger partial charge < -0.3 is 0 Å². The number of allylic oxidation sites excluding steroid dienone is 1. The lowest BCUT2D eigenvalue weighted by atomic mass is 9.85. The molecule has 0 heterocycles. The number of hydrogen-bond acceptors (Lipinski definition) is 0. The van der Waals surface area contributed by atoms with E-state index in [1.165, 1.54) is 76.8 Å². The Balaban J connectivity index is 1.37. The SMILES string of the molecule is C#CC/C=C\c1ccc(-c2ccc(-c3c4ccccc4c(-c4ccc5ccccc5c4)c4ccccc34)cc2)cc1C. The molecule has 42 heavy (non-hydrogen) atoms. The molecule has 0 saturated heterocycles. The van der Waals surface area contributed by atoms with E-state index in [4.69, 9.17) is 6.42 Å². The molecule has 0 nitrogen and oxygen atoms in total. The van der Waals surface area contributed by atoms with E-state index in [-0.39, 0.29) is 0 Å². The number of benzene rings is 7. The summed E-state index contributed by atoms with van der Waals surface area (Å²) in [5.41, 5.74) is 9.91. The second-order valence-electron chi connectivity index (χ2n) is 10.9. The van der Waals surface area contributed by atoms with E-state index >= 15 is 0 Å². The maximum Gasteiger partial charge on any atom is 0.0270 e. The summed E-state index contributed by atoms with van der Waals surface area (Å²) in [4.78, 5) is 0. The molecule has 0 aliphatic heterocycles. The molecule has 198 valence electrons. The average molecular weight is 535 g/mol. The van der Waals surface area contributed by atoms with Crippen LogP contribution in [0.3, 0.4) is 0 Å². The van der Waals surface area contributed by atoms with E-state index < -0.39 is 0 Å². The Morgan fingerprint density at radius 1 is 0.524 bits per heavy atom. The smallest absolute Gasteiger partial charge is 0.0270 e. The molecule has 7 rings (SSSR count). The molecule has 0 N–H and O–H groups in total. The first-order chi connectivity index (χ1) is 20.7. The zero-order chi connectivity index (χ0) is 28.5. The van der Waals surface area contributed by atoms with Crippen molar-refractivity contribution in [2.45, 2.75) is 13.3 Å². The van der Waals surface area contributed by atoms with Crippen molar-refractivity contribution in [1.82, 2.24) is 0 Å². The Labute approximate surface area is 247 Å². The van der Waals surface area contributed by atoms with Crippen molar-refractivity contribution in [2.24, 2.45) is 0 Å². The van der Waals surface area contributed by atoms with Gasteiger partial charge in [-0.3, -0.25) is 0 Å². The molecule has 0 bridgehead atoms. The molecule has 0 aromatic heterocycles. The fourth-order valence-corrected chi connectivity index (χ4v) is 6.22. The molecule has 0 aliphatic carbocycles. The van der Waals surface area contributed by atoms with Crippen LogP contribution < -0.4 is 0 Å². The molecular weight excluding hydrogens is 504 g/mol. The fraction of sp³-hybridized carbons (Fsp3) is 0.0476. The van der Waals surface area contributed by atoms with Gasteiger partial charge >= 0.3 is 0 Å². The van der Waals surface area contributed by atoms with E-state index in [1.807, 2.05) is 6.08 Å². The van der Waals surface area contributed by atoms with Gasteiger partial charge in [-0.2, -0.15) is 0 Å². The van der Waals surface area contributed by atoms with Gasteiger partial charge in [-0.15, -0.1) is 12.3 Å². The number of rotatable bonds is 5. The molecule has 0 saturated carbocycles. The van der Waals surface area contributed by atoms with Crippen LogP contribution >= 0.6 is 0 Å². The summed E-state index contributed by atoms with van der Waals surface area (Å²) >= 11 is 0. The van der Waals surface area contributed by atoms with Gasteiger partial charge in [-0.1, -0.05) is 140 Å². The molecule has 7 aromatic carbocycles. The van der Waals surface area contributed by atoms with Gasteiger partial charge in [0.2, 0.25) is 0 Å². The molecule has 0 unspecified atom stereocenters. The Morgan fingerprint density at radius 3 is 1.67 bits per heavy atom. The monoisotopic (exact) mass is 534 g/mol. The number of terminal acetylenes is 1. The molecule has 0 heteroatoms. The van der Waals surface area contributed by atoms with Gasteiger partial charge in [0.25, 0.3) is 0 Å². The number of hydrogen-bond donors (Lipinski definition) is 0. The van der Waals surface area contributed by atoms with Crippen molar-refractivity contribution >= 4 is 38.4 Å². The van der Waals surface area contributed by atoms with Crippen molar-refractivity contribution in [3.8, 4) is 45.7 Å². The zero-order valence-electron chi connectivity index (χ0n) is 23.6. The van der Waals surface area contributed by atoms with Crippen molar-refractivity contribution in [1.29, 1.82) is 0 Å². The highest BCUT2D eigenvalue weighted by atomic mass is 14.2. The first-order valence-corrected chi connectivity index (χ1v) is 14.5. The van der Waals surface area contributed by atoms with Crippen LogP contribution in [-0.4, -0.2) is 0 Å². The third-order valence-corrected chi connectivity index (χ3v) is 8.28. The normalized spacial score (nSPS) is 11.4. The van der Waals surface area contributed by atoms with E-state index in [9.17, 15) is 0 Å². The van der Waals surface area contributed by atoms with Crippen LogP contribution in [0.15, 0.2) is 140 Å². The lowest BCUT2D eigenvalue weighted by Gasteiger charge is -2.18. The molecule has 0 spiro atoms. The van der Waals surface area contributed by atoms with E-state index in [2.05, 4.69) is 152 Å². The Kier molecular flexibility index (Phi) is 6.63. The summed E-state index contributed by atoms with van der Waals surface area (Å²) in [6.45, 7) is 2.16. The minimum atomic E-state index is 0.648. The highest BCUT2D eigenvalue weighted by Crippen LogP contribution is 2.44. The van der Waals surface area contributed by atoms with Crippen LogP contribution in [0.4, 0.5) is 0 Å². The average Bonchev–Trinajstić information content (AvgIpc) is 3.04. The summed E-state index contributed by atoms with van der Waals surface area (Å²) in [7, 11) is 0. The molecule has 0 atom stereocenters. The number of aryl methyl sites for hydroxylation is 1. The van der Waals surface area contributed by atoms with Crippen LogP contribution in [0.1, 0.15) is 17.5 Å². The van der Waals surface area contributed by atoms with E-state index in [0.29, 0.717) is 6.42 Å². The minimum absolute atomic E-state index is 0.648. The van der Waals surface area contributed by atoms with E-state index in [0.717, 1.165) is 0 Å². The van der Waals surface area contributed by atoms with Crippen molar-refractivity contribution in [3.63, 3.8) is 0 Å². The minimum Gasteiger partial charge on any atom is -0.120 e. The fourth-order valence-electron chi connectivity index (χ4n) is 6.22. The summed E-state index contributed by atoms with van der Waals surface area (Å²) < 4.78 is 0. The Bertz CT molecular complexity index is 2110. The standard InChI is InChI=1S/C42H30/c1-3-4-5-12-30-19-25-35(27-29(30)2)32-20-23-33(24-21-32)41-37-15-8-10-17-39(37)42(40-18-11-9-16-38(40)41)36-26-22-31-13-6-7-14-34(31)28-36/h1,5-28H,4H2,2H3/b12-5-. The maximum absolute atomic E-state index is 5.40. The molecule has 7 aromatic rings. The molecule has 0 fully saturated rings. The summed E-state index contributed by atoms with van der Waals surface area (Å²) in [6, 6.07) is 48.8. The highest BCUT2D eigenvalue weighted by Gasteiger charge is 2.16. The summed E-state index contributed by atoms with van der Waals surface area (Å²) in [6.07, 6.45) is 10.2. The summed E-state index contributed by atoms with van der Waals surface area (Å²) in [5.74, 6) is 2.67. The lowest BCUT2D eigenvalue weighted by Crippen LogP contribution is -1.91. The Hall–Kier alpha value is -5.38. The lowest BCUT2D eigenvalue weighted by molar-refractivity contribution is 1.42. The largest absolute Gasteiger partial charge is 0.120 e. The molecule has 0 aliphatic rings.